The fourth-order valence-electron chi connectivity index (χ4n) is 6.64. The van der Waals surface area contributed by atoms with Crippen molar-refractivity contribution in [3.8, 4) is 11.5 Å². The molecule has 0 bridgehead atoms. The van der Waals surface area contributed by atoms with Crippen LogP contribution in [0.3, 0.4) is 0 Å². The van der Waals surface area contributed by atoms with Crippen LogP contribution in [-0.4, -0.2) is 98.7 Å². The third-order valence-electron chi connectivity index (χ3n) is 9.12. The van der Waals surface area contributed by atoms with Gasteiger partial charge in [0.1, 0.15) is 24.2 Å². The van der Waals surface area contributed by atoms with Gasteiger partial charge in [-0.25, -0.2) is 4.79 Å². The summed E-state index contributed by atoms with van der Waals surface area (Å²) in [5.41, 5.74) is 3.73. The number of amides is 2. The van der Waals surface area contributed by atoms with Gasteiger partial charge in [0.2, 0.25) is 0 Å². The molecule has 244 valence electrons. The molecule has 3 unspecified atom stereocenters. The Kier molecular flexibility index (Phi) is 10.2. The summed E-state index contributed by atoms with van der Waals surface area (Å²) in [7, 11) is 1.72. The molecule has 3 aliphatic heterocycles. The van der Waals surface area contributed by atoms with E-state index in [9.17, 15) is 14.7 Å². The van der Waals surface area contributed by atoms with Gasteiger partial charge >= 0.3 is 6.09 Å². The normalized spacial score (nSPS) is 21.1. The van der Waals surface area contributed by atoms with E-state index in [0.29, 0.717) is 51.4 Å². The number of ether oxygens (including phenoxy) is 4. The second-order valence-electron chi connectivity index (χ2n) is 12.2. The number of piperidine rings is 1. The first-order valence-corrected chi connectivity index (χ1v) is 16.2. The lowest BCUT2D eigenvalue weighted by Crippen LogP contribution is -2.46. The molecule has 3 atom stereocenters. The SMILES string of the molecule is COCCCN1CCOc2ccc(COC3CN(C(=O)O)CCC3c3ccc(C(=O)N4CCC(Oc5ccccc5)C4)cc3)cc21. The highest BCUT2D eigenvalue weighted by molar-refractivity contribution is 5.94. The summed E-state index contributed by atoms with van der Waals surface area (Å²) in [6.07, 6.45) is 1.07. The first-order valence-electron chi connectivity index (χ1n) is 16.2. The fraction of sp³-hybridized carbons (Fsp3) is 0.444. The van der Waals surface area contributed by atoms with Gasteiger partial charge in [-0.1, -0.05) is 36.4 Å². The predicted octanol–water partition coefficient (Wildman–Crippen LogP) is 5.27. The molecular weight excluding hydrogens is 586 g/mol. The molecule has 46 heavy (non-hydrogen) atoms. The summed E-state index contributed by atoms with van der Waals surface area (Å²) in [6.45, 7) is 5.33. The Morgan fingerprint density at radius 3 is 2.52 bits per heavy atom. The van der Waals surface area contributed by atoms with Crippen LogP contribution in [0.15, 0.2) is 72.8 Å². The topological polar surface area (TPSA) is 101 Å². The number of likely N-dealkylation sites (tertiary alicyclic amines) is 2. The minimum atomic E-state index is -0.939. The van der Waals surface area contributed by atoms with E-state index in [1.54, 1.807) is 7.11 Å². The number of methoxy groups -OCH3 is 1. The van der Waals surface area contributed by atoms with Gasteiger partial charge < -0.3 is 38.8 Å². The molecule has 3 aromatic rings. The highest BCUT2D eigenvalue weighted by atomic mass is 16.5. The molecule has 3 heterocycles. The minimum absolute atomic E-state index is 0.00157. The first-order chi connectivity index (χ1) is 22.5. The van der Waals surface area contributed by atoms with Crippen molar-refractivity contribution in [1.82, 2.24) is 9.80 Å². The molecule has 2 amide bonds. The van der Waals surface area contributed by atoms with Crippen molar-refractivity contribution in [2.24, 2.45) is 0 Å². The minimum Gasteiger partial charge on any atom is -0.490 e. The average molecular weight is 630 g/mol. The van der Waals surface area contributed by atoms with Gasteiger partial charge in [0.15, 0.2) is 0 Å². The Morgan fingerprint density at radius 1 is 0.935 bits per heavy atom. The van der Waals surface area contributed by atoms with Crippen LogP contribution in [0.25, 0.3) is 0 Å². The van der Waals surface area contributed by atoms with Crippen LogP contribution in [-0.2, 0) is 16.1 Å². The quantitative estimate of drug-likeness (QED) is 0.287. The number of carbonyl (C=O) groups is 2. The van der Waals surface area contributed by atoms with Crippen LogP contribution in [0, 0.1) is 0 Å². The van der Waals surface area contributed by atoms with E-state index in [1.807, 2.05) is 71.6 Å². The van der Waals surface area contributed by atoms with Gasteiger partial charge in [-0.05, 0) is 60.4 Å². The van der Waals surface area contributed by atoms with Gasteiger partial charge in [-0.15, -0.1) is 0 Å². The third-order valence-corrected chi connectivity index (χ3v) is 9.12. The lowest BCUT2D eigenvalue weighted by molar-refractivity contribution is -0.0199. The molecule has 6 rings (SSSR count). The Bertz CT molecular complexity index is 1470. The number of rotatable bonds is 11. The van der Waals surface area contributed by atoms with Crippen molar-refractivity contribution in [3.63, 3.8) is 0 Å². The summed E-state index contributed by atoms with van der Waals surface area (Å²) < 4.78 is 23.7. The van der Waals surface area contributed by atoms with Crippen LogP contribution >= 0.6 is 0 Å². The lowest BCUT2D eigenvalue weighted by Gasteiger charge is -2.37. The number of carbonyl (C=O) groups excluding carboxylic acids is 1. The Balaban J connectivity index is 1.10. The smallest absolute Gasteiger partial charge is 0.407 e. The molecule has 0 radical (unpaired) electrons. The molecule has 3 aromatic carbocycles. The van der Waals surface area contributed by atoms with Gasteiger partial charge in [0, 0.05) is 51.3 Å². The summed E-state index contributed by atoms with van der Waals surface area (Å²) in [6, 6.07) is 23.6. The van der Waals surface area contributed by atoms with E-state index < -0.39 is 6.09 Å². The number of anilines is 1. The molecule has 0 aromatic heterocycles. The van der Waals surface area contributed by atoms with Crippen molar-refractivity contribution in [2.45, 2.75) is 44.0 Å². The van der Waals surface area contributed by atoms with Crippen LogP contribution in [0.5, 0.6) is 11.5 Å². The number of carboxylic acid groups (broad SMARTS) is 1. The zero-order chi connectivity index (χ0) is 31.9. The average Bonchev–Trinajstić information content (AvgIpc) is 3.56. The van der Waals surface area contributed by atoms with E-state index in [4.69, 9.17) is 18.9 Å². The number of benzene rings is 3. The Morgan fingerprint density at radius 2 is 1.74 bits per heavy atom. The highest BCUT2D eigenvalue weighted by Gasteiger charge is 2.34. The Labute approximate surface area is 270 Å². The number of hydrogen-bond acceptors (Lipinski definition) is 7. The fourth-order valence-corrected chi connectivity index (χ4v) is 6.64. The van der Waals surface area contributed by atoms with Crippen molar-refractivity contribution < 1.29 is 33.6 Å². The molecule has 10 heteroatoms. The predicted molar refractivity (Wildman–Crippen MR) is 174 cm³/mol. The maximum Gasteiger partial charge on any atom is 0.407 e. The van der Waals surface area contributed by atoms with Crippen molar-refractivity contribution in [3.05, 3.63) is 89.5 Å². The molecule has 1 N–H and O–H groups in total. The van der Waals surface area contributed by atoms with E-state index in [-0.39, 0.29) is 30.6 Å². The van der Waals surface area contributed by atoms with Gasteiger partial charge in [0.25, 0.3) is 5.91 Å². The monoisotopic (exact) mass is 629 g/mol. The molecule has 2 saturated heterocycles. The number of fused-ring (bicyclic) bond motifs is 1. The number of nitrogens with zero attached hydrogens (tertiary/aromatic N) is 3. The van der Waals surface area contributed by atoms with Gasteiger partial charge in [-0.2, -0.15) is 0 Å². The van der Waals surface area contributed by atoms with Crippen LogP contribution in [0.1, 0.15) is 46.7 Å². The van der Waals surface area contributed by atoms with E-state index in [1.165, 1.54) is 4.90 Å². The van der Waals surface area contributed by atoms with Gasteiger partial charge in [0.05, 0.1) is 38.0 Å². The summed E-state index contributed by atoms with van der Waals surface area (Å²) in [5.74, 6) is 1.67. The standard InChI is InChI=1S/C36H43N3O7/c1-43-20-5-16-37-19-21-44-33-13-8-26(22-32(33)37)25-45-34-24-39(36(41)42)18-15-31(34)27-9-11-28(12-10-27)35(40)38-17-14-30(23-38)46-29-6-3-2-4-7-29/h2-4,6-13,22,30-31,34H,5,14-21,23-25H2,1H3,(H,41,42). The van der Waals surface area contributed by atoms with Crippen LogP contribution in [0.2, 0.25) is 0 Å². The molecule has 0 spiro atoms. The molecule has 0 saturated carbocycles. The van der Waals surface area contributed by atoms with E-state index in [0.717, 1.165) is 54.2 Å². The second kappa shape index (κ2) is 14.9. The third kappa shape index (κ3) is 7.57. The lowest BCUT2D eigenvalue weighted by atomic mass is 9.86. The molecule has 0 aliphatic carbocycles. The molecule has 10 nitrogen and oxygen atoms in total. The zero-order valence-electron chi connectivity index (χ0n) is 26.4. The van der Waals surface area contributed by atoms with E-state index in [2.05, 4.69) is 11.0 Å². The summed E-state index contributed by atoms with van der Waals surface area (Å²) in [4.78, 5) is 30.8. The van der Waals surface area contributed by atoms with E-state index >= 15 is 0 Å². The first kappa shape index (κ1) is 31.7. The van der Waals surface area contributed by atoms with Gasteiger partial charge in [-0.3, -0.25) is 4.79 Å². The number of para-hydroxylation sites is 1. The van der Waals surface area contributed by atoms with Crippen molar-refractivity contribution >= 4 is 17.7 Å². The van der Waals surface area contributed by atoms with Crippen LogP contribution in [0.4, 0.5) is 10.5 Å². The Hall–Kier alpha value is -4.28. The van der Waals surface area contributed by atoms with Crippen molar-refractivity contribution in [2.75, 3.05) is 64.5 Å². The zero-order valence-corrected chi connectivity index (χ0v) is 26.4. The number of hydrogen-bond donors (Lipinski definition) is 1. The highest BCUT2D eigenvalue weighted by Crippen LogP contribution is 2.35. The largest absolute Gasteiger partial charge is 0.490 e. The maximum atomic E-state index is 13.3. The molecule has 3 aliphatic rings. The maximum absolute atomic E-state index is 13.3. The van der Waals surface area contributed by atoms with Crippen LogP contribution < -0.4 is 14.4 Å². The summed E-state index contributed by atoms with van der Waals surface area (Å²) in [5, 5.41) is 9.74. The second-order valence-corrected chi connectivity index (χ2v) is 12.2. The summed E-state index contributed by atoms with van der Waals surface area (Å²) >= 11 is 0. The molecular formula is C36H43N3O7. The molecule has 2 fully saturated rings. The van der Waals surface area contributed by atoms with Crippen molar-refractivity contribution in [1.29, 1.82) is 0 Å².